The van der Waals surface area contributed by atoms with Gasteiger partial charge in [0.15, 0.2) is 0 Å². The third-order valence-electron chi connectivity index (χ3n) is 3.60. The average Bonchev–Trinajstić information content (AvgIpc) is 2.53. The normalized spacial score (nSPS) is 16.2. The van der Waals surface area contributed by atoms with Crippen LogP contribution < -0.4 is 0 Å². The SMILES string of the molecule is FC(F)(F)C(F)(F)C(F)(F)C(F)(F)C(F)(F)C(F)(F)CC(Cl)c1ccccc1. The Morgan fingerprint density at radius 3 is 1.39 bits per heavy atom. The van der Waals surface area contributed by atoms with Gasteiger partial charge >= 0.3 is 35.8 Å². The predicted octanol–water partition coefficient (Wildman–Crippen LogP) is 7.10. The van der Waals surface area contributed by atoms with Crippen LogP contribution in [0.2, 0.25) is 0 Å². The summed E-state index contributed by atoms with van der Waals surface area (Å²) in [4.78, 5) is 0. The van der Waals surface area contributed by atoms with Gasteiger partial charge in [0.05, 0.1) is 5.38 Å². The molecule has 0 aromatic heterocycles. The van der Waals surface area contributed by atoms with Gasteiger partial charge in [0.2, 0.25) is 0 Å². The van der Waals surface area contributed by atoms with E-state index in [1.807, 2.05) is 0 Å². The Hall–Kier alpha value is -1.40. The highest BCUT2D eigenvalue weighted by Crippen LogP contribution is 2.61. The fraction of sp³-hybridized carbons (Fsp3) is 0.571. The van der Waals surface area contributed by atoms with E-state index in [0.717, 1.165) is 24.3 Å². The quantitative estimate of drug-likeness (QED) is 0.302. The Labute approximate surface area is 153 Å². The van der Waals surface area contributed by atoms with Crippen LogP contribution in [0.5, 0.6) is 0 Å². The Kier molecular flexibility index (Phi) is 6.28. The van der Waals surface area contributed by atoms with Crippen molar-refractivity contribution in [2.75, 3.05) is 0 Å². The number of hydrogen-bond donors (Lipinski definition) is 0. The van der Waals surface area contributed by atoms with Crippen LogP contribution in [0.4, 0.5) is 57.1 Å². The Bertz CT molecular complexity index is 666. The molecule has 0 spiro atoms. The van der Waals surface area contributed by atoms with Crippen molar-refractivity contribution in [1.29, 1.82) is 0 Å². The van der Waals surface area contributed by atoms with Crippen molar-refractivity contribution in [2.45, 2.75) is 47.6 Å². The molecule has 1 unspecified atom stereocenters. The molecule has 0 saturated heterocycles. The van der Waals surface area contributed by atoms with Crippen LogP contribution in [-0.4, -0.2) is 35.8 Å². The summed E-state index contributed by atoms with van der Waals surface area (Å²) in [7, 11) is 0. The summed E-state index contributed by atoms with van der Waals surface area (Å²) in [6.07, 6.45) is -9.89. The second-order valence-corrected chi connectivity index (χ2v) is 6.11. The molecule has 1 rings (SSSR count). The van der Waals surface area contributed by atoms with E-state index in [9.17, 15) is 57.1 Å². The third kappa shape index (κ3) is 3.73. The molecule has 0 aliphatic carbocycles. The summed E-state index contributed by atoms with van der Waals surface area (Å²) in [6, 6.07) is 5.57. The number of rotatable bonds is 7. The smallest absolute Gasteiger partial charge is 0.200 e. The highest BCUT2D eigenvalue weighted by Gasteiger charge is 2.90. The molecule has 0 saturated carbocycles. The lowest BCUT2D eigenvalue weighted by Gasteiger charge is -2.40. The highest BCUT2D eigenvalue weighted by molar-refractivity contribution is 6.20. The molecule has 1 aromatic carbocycles. The minimum absolute atomic E-state index is 0.352. The zero-order valence-electron chi connectivity index (χ0n) is 13.0. The Morgan fingerprint density at radius 1 is 0.607 bits per heavy atom. The summed E-state index contributed by atoms with van der Waals surface area (Å²) in [6.45, 7) is 0. The first-order chi connectivity index (χ1) is 12.2. The van der Waals surface area contributed by atoms with Gasteiger partial charge < -0.3 is 0 Å². The molecular formula is C14H8ClF13. The monoisotopic (exact) mass is 458 g/mol. The molecule has 0 radical (unpaired) electrons. The predicted molar refractivity (Wildman–Crippen MR) is 70.4 cm³/mol. The lowest BCUT2D eigenvalue weighted by Crippen LogP contribution is -2.70. The summed E-state index contributed by atoms with van der Waals surface area (Å²) < 4.78 is 169. The maximum absolute atomic E-state index is 13.7. The van der Waals surface area contributed by atoms with Crippen LogP contribution in [0.15, 0.2) is 30.3 Å². The van der Waals surface area contributed by atoms with Gasteiger partial charge in [0.25, 0.3) is 0 Å². The number of alkyl halides is 14. The van der Waals surface area contributed by atoms with E-state index < -0.39 is 47.6 Å². The number of benzene rings is 1. The van der Waals surface area contributed by atoms with Gasteiger partial charge in [-0.2, -0.15) is 57.1 Å². The van der Waals surface area contributed by atoms with Crippen LogP contribution in [0.1, 0.15) is 17.4 Å². The zero-order chi connectivity index (χ0) is 22.4. The van der Waals surface area contributed by atoms with Gasteiger partial charge in [-0.05, 0) is 5.56 Å². The molecule has 1 atom stereocenters. The fourth-order valence-corrected chi connectivity index (χ4v) is 2.27. The molecule has 0 aliphatic heterocycles. The van der Waals surface area contributed by atoms with E-state index in [4.69, 9.17) is 11.6 Å². The second kappa shape index (κ2) is 7.13. The topological polar surface area (TPSA) is 0 Å². The van der Waals surface area contributed by atoms with Crippen LogP contribution in [0.25, 0.3) is 0 Å². The summed E-state index contributed by atoms with van der Waals surface area (Å²) in [5, 5.41) is -2.19. The average molecular weight is 459 g/mol. The third-order valence-corrected chi connectivity index (χ3v) is 4.00. The fourth-order valence-electron chi connectivity index (χ4n) is 1.94. The van der Waals surface area contributed by atoms with E-state index in [1.54, 1.807) is 0 Å². The van der Waals surface area contributed by atoms with Gasteiger partial charge in [-0.15, -0.1) is 11.6 Å². The van der Waals surface area contributed by atoms with Gasteiger partial charge in [-0.3, -0.25) is 0 Å². The lowest BCUT2D eigenvalue weighted by molar-refractivity contribution is -0.440. The second-order valence-electron chi connectivity index (χ2n) is 5.58. The first-order valence-electron chi connectivity index (χ1n) is 6.89. The maximum Gasteiger partial charge on any atom is 0.460 e. The number of hydrogen-bond acceptors (Lipinski definition) is 0. The van der Waals surface area contributed by atoms with E-state index in [0.29, 0.717) is 0 Å². The van der Waals surface area contributed by atoms with Crippen LogP contribution in [0, 0.1) is 0 Å². The van der Waals surface area contributed by atoms with Crippen LogP contribution in [0.3, 0.4) is 0 Å². The number of halogens is 14. The largest absolute Gasteiger partial charge is 0.460 e. The molecule has 1 aromatic rings. The molecule has 0 bridgehead atoms. The molecule has 14 heteroatoms. The summed E-state index contributed by atoms with van der Waals surface area (Å²) in [5.41, 5.74) is -0.352. The molecule has 0 N–H and O–H groups in total. The molecule has 28 heavy (non-hydrogen) atoms. The molecule has 0 aliphatic rings. The maximum atomic E-state index is 13.7. The van der Waals surface area contributed by atoms with Crippen molar-refractivity contribution in [3.63, 3.8) is 0 Å². The van der Waals surface area contributed by atoms with Gasteiger partial charge in [-0.1, -0.05) is 30.3 Å². The summed E-state index contributed by atoms with van der Waals surface area (Å²) >= 11 is 5.35. The van der Waals surface area contributed by atoms with Crippen molar-refractivity contribution in [3.8, 4) is 0 Å². The van der Waals surface area contributed by atoms with Crippen LogP contribution >= 0.6 is 11.6 Å². The van der Waals surface area contributed by atoms with E-state index >= 15 is 0 Å². The molecule has 0 amide bonds. The minimum atomic E-state index is -7.90. The van der Waals surface area contributed by atoms with E-state index in [2.05, 4.69) is 0 Å². The summed E-state index contributed by atoms with van der Waals surface area (Å²) in [5.74, 6) is -36.9. The molecular weight excluding hydrogens is 451 g/mol. The standard InChI is InChI=1S/C14H8ClF13/c15-8(7-4-2-1-3-5-7)6-9(16,17)10(18,19)11(20,21)12(22,23)13(24,25)14(26,27)28/h1-5,8H,6H2. The van der Waals surface area contributed by atoms with Crippen molar-refractivity contribution in [3.05, 3.63) is 35.9 Å². The molecule has 0 heterocycles. The van der Waals surface area contributed by atoms with Gasteiger partial charge in [0, 0.05) is 6.42 Å². The van der Waals surface area contributed by atoms with E-state index in [-0.39, 0.29) is 5.56 Å². The van der Waals surface area contributed by atoms with Crippen molar-refractivity contribution < 1.29 is 57.1 Å². The molecule has 0 fully saturated rings. The van der Waals surface area contributed by atoms with Crippen molar-refractivity contribution in [2.24, 2.45) is 0 Å². The molecule has 162 valence electrons. The first kappa shape index (κ1) is 24.6. The zero-order valence-corrected chi connectivity index (χ0v) is 13.7. The van der Waals surface area contributed by atoms with E-state index in [1.165, 1.54) is 6.07 Å². The highest BCUT2D eigenvalue weighted by atomic mass is 35.5. The van der Waals surface area contributed by atoms with Gasteiger partial charge in [-0.25, -0.2) is 0 Å². The van der Waals surface area contributed by atoms with Gasteiger partial charge in [0.1, 0.15) is 0 Å². The minimum Gasteiger partial charge on any atom is -0.200 e. The first-order valence-corrected chi connectivity index (χ1v) is 7.32. The lowest BCUT2D eigenvalue weighted by atomic mass is 9.91. The van der Waals surface area contributed by atoms with Crippen molar-refractivity contribution >= 4 is 11.6 Å². The Morgan fingerprint density at radius 2 is 1.00 bits per heavy atom. The van der Waals surface area contributed by atoms with Crippen molar-refractivity contribution in [1.82, 2.24) is 0 Å². The van der Waals surface area contributed by atoms with Crippen LogP contribution in [-0.2, 0) is 0 Å². The molecule has 0 nitrogen and oxygen atoms in total. The Balaban J connectivity index is 3.33.